The Morgan fingerprint density at radius 1 is 0.391 bits per heavy atom. The van der Waals surface area contributed by atoms with E-state index in [-0.39, 0.29) is 52.9 Å². The van der Waals surface area contributed by atoms with Gasteiger partial charge in [-0.3, -0.25) is 36.2 Å². The molecule has 0 saturated carbocycles. The molecule has 0 amide bonds. The number of hydrogen-bond acceptors (Lipinski definition) is 12. The average Bonchev–Trinajstić information content (AvgIpc) is 2.98. The number of nitrogens with zero attached hydrogens (tertiary/aromatic N) is 2. The molecule has 0 bridgehead atoms. The minimum absolute atomic E-state index is 0.198. The third-order valence-electron chi connectivity index (χ3n) is 5.94. The highest BCUT2D eigenvalue weighted by Crippen LogP contribution is 2.53. The van der Waals surface area contributed by atoms with Crippen LogP contribution in [0.1, 0.15) is 81.1 Å². The van der Waals surface area contributed by atoms with Gasteiger partial charge in [0.2, 0.25) is 0 Å². The minimum Gasteiger partial charge on any atom is -0.297 e. The Morgan fingerprint density at radius 2 is 0.630 bits per heavy atom. The van der Waals surface area contributed by atoms with Gasteiger partial charge < -0.3 is 0 Å². The van der Waals surface area contributed by atoms with Gasteiger partial charge in [0.15, 0.2) is 0 Å². The summed E-state index contributed by atoms with van der Waals surface area (Å²) >= 11 is 0. The first-order valence-electron chi connectivity index (χ1n) is 16.5. The van der Waals surface area contributed by atoms with Crippen molar-refractivity contribution in [3.05, 3.63) is 0 Å². The van der Waals surface area contributed by atoms with Gasteiger partial charge in [0.05, 0.1) is 52.9 Å². The fraction of sp³-hybridized carbons (Fsp3) is 1.00. The van der Waals surface area contributed by atoms with Crippen LogP contribution >= 0.6 is 31.0 Å². The summed E-state index contributed by atoms with van der Waals surface area (Å²) in [4.78, 5) is 0. The van der Waals surface area contributed by atoms with Crippen molar-refractivity contribution >= 4 is 31.0 Å². The zero-order chi connectivity index (χ0) is 35.0. The Kier molecular flexibility index (Phi) is 26.5. The van der Waals surface area contributed by atoms with Crippen LogP contribution in [0.15, 0.2) is 0 Å². The molecule has 0 aromatic heterocycles. The van der Waals surface area contributed by atoms with Gasteiger partial charge >= 0.3 is 31.0 Å². The number of unbranched alkanes of at least 4 members (excludes halogenated alkanes) is 1. The van der Waals surface area contributed by atoms with Crippen molar-refractivity contribution in [2.24, 2.45) is 0 Å². The number of nitrogens with one attached hydrogen (secondary N) is 2. The molecule has 0 fully saturated rings. The molecule has 278 valence electrons. The summed E-state index contributed by atoms with van der Waals surface area (Å²) in [6.45, 7) is 17.6. The summed E-state index contributed by atoms with van der Waals surface area (Å²) in [5, 5.41) is 5.70. The van der Waals surface area contributed by atoms with Crippen molar-refractivity contribution in [3.63, 3.8) is 0 Å². The molecular formula is C26H62N4O12P4. The van der Waals surface area contributed by atoms with Crippen LogP contribution in [-0.2, 0) is 54.5 Å². The average molecular weight is 747 g/mol. The largest absolute Gasteiger partial charge is 0.408 e. The van der Waals surface area contributed by atoms with Gasteiger partial charge in [-0.05, 0) is 81.1 Å². The van der Waals surface area contributed by atoms with Crippen molar-refractivity contribution in [2.45, 2.75) is 81.1 Å². The van der Waals surface area contributed by atoms with E-state index in [1.807, 2.05) is 0 Å². The fourth-order valence-corrected chi connectivity index (χ4v) is 10.6. The highest BCUT2D eigenvalue weighted by molar-refractivity contribution is 7.52. The van der Waals surface area contributed by atoms with E-state index < -0.39 is 31.0 Å². The molecule has 0 aliphatic carbocycles. The molecular weight excluding hydrogens is 684 g/mol. The van der Waals surface area contributed by atoms with Crippen molar-refractivity contribution < 1.29 is 54.5 Å². The molecule has 0 spiro atoms. The Bertz CT molecular complexity index is 854. The van der Waals surface area contributed by atoms with Gasteiger partial charge in [-0.15, -0.1) is 0 Å². The molecule has 20 heteroatoms. The lowest BCUT2D eigenvalue weighted by Crippen LogP contribution is -2.30. The molecule has 0 atom stereocenters. The van der Waals surface area contributed by atoms with E-state index in [0.29, 0.717) is 65.0 Å². The lowest BCUT2D eigenvalue weighted by Gasteiger charge is -2.31. The highest BCUT2D eigenvalue weighted by atomic mass is 31.2. The van der Waals surface area contributed by atoms with Gasteiger partial charge in [0.1, 0.15) is 0 Å². The van der Waals surface area contributed by atoms with Crippen LogP contribution < -0.4 is 10.2 Å². The molecule has 16 nitrogen and oxygen atoms in total. The van der Waals surface area contributed by atoms with Crippen LogP contribution in [0.4, 0.5) is 0 Å². The van der Waals surface area contributed by atoms with Crippen LogP contribution in [0.2, 0.25) is 0 Å². The second kappa shape index (κ2) is 26.3. The van der Waals surface area contributed by atoms with Crippen LogP contribution in [-0.4, -0.2) is 101 Å². The number of hydrogen-bond donors (Lipinski definition) is 2. The third-order valence-corrected chi connectivity index (χ3v) is 14.1. The van der Waals surface area contributed by atoms with E-state index in [9.17, 15) is 18.3 Å². The summed E-state index contributed by atoms with van der Waals surface area (Å²) in [5.74, 6) is 0. The standard InChI is InChI=1S/C26H62N4O12P4/c1-9-35-43(31,36-10-2)27-21-19-25-29(45(33,39-13-5)40-14-6)23-17-18-24-30(46(34,41-15-7)42-16-8)26-20-22-28-44(32,37-11-3)38-12-4/h9-26H2,1-8H3,(H,27,31)(H,28,32). The first-order chi connectivity index (χ1) is 21.9. The van der Waals surface area contributed by atoms with Crippen molar-refractivity contribution in [1.29, 1.82) is 0 Å². The van der Waals surface area contributed by atoms with Gasteiger partial charge in [-0.2, -0.15) is 0 Å². The van der Waals surface area contributed by atoms with E-state index in [0.717, 1.165) is 0 Å². The Labute approximate surface area is 277 Å². The van der Waals surface area contributed by atoms with Gasteiger partial charge in [0, 0.05) is 39.3 Å². The second-order valence-electron chi connectivity index (χ2n) is 9.41. The molecule has 0 aromatic rings. The summed E-state index contributed by atoms with van der Waals surface area (Å²) in [7, 11) is -14.1. The molecule has 0 aliphatic rings. The van der Waals surface area contributed by atoms with E-state index in [2.05, 4.69) is 10.2 Å². The maximum atomic E-state index is 13.7. The van der Waals surface area contributed by atoms with Crippen LogP contribution in [0, 0.1) is 0 Å². The molecule has 0 heterocycles. The Hall–Kier alpha value is 0.440. The van der Waals surface area contributed by atoms with Crippen LogP contribution in [0.3, 0.4) is 0 Å². The van der Waals surface area contributed by atoms with Crippen molar-refractivity contribution in [3.8, 4) is 0 Å². The maximum Gasteiger partial charge on any atom is 0.408 e. The van der Waals surface area contributed by atoms with E-state index in [1.54, 1.807) is 64.7 Å². The third kappa shape index (κ3) is 18.4. The molecule has 0 unspecified atom stereocenters. The van der Waals surface area contributed by atoms with E-state index in [1.165, 1.54) is 0 Å². The minimum atomic E-state index is -3.61. The van der Waals surface area contributed by atoms with Crippen LogP contribution in [0.25, 0.3) is 0 Å². The molecule has 0 radical (unpaired) electrons. The zero-order valence-electron chi connectivity index (χ0n) is 29.3. The number of rotatable bonds is 33. The van der Waals surface area contributed by atoms with E-state index in [4.69, 9.17) is 36.2 Å². The van der Waals surface area contributed by atoms with Gasteiger partial charge in [-0.25, -0.2) is 37.8 Å². The quantitative estimate of drug-likeness (QED) is 0.0516. The topological polar surface area (TPSA) is 173 Å². The summed E-state index contributed by atoms with van der Waals surface area (Å²) in [5.41, 5.74) is 0. The van der Waals surface area contributed by atoms with Crippen LogP contribution in [0.5, 0.6) is 0 Å². The Morgan fingerprint density at radius 3 is 0.870 bits per heavy atom. The van der Waals surface area contributed by atoms with Crippen molar-refractivity contribution in [1.82, 2.24) is 19.5 Å². The summed E-state index contributed by atoms with van der Waals surface area (Å²) < 4.78 is 99.9. The van der Waals surface area contributed by atoms with Gasteiger partial charge in [-0.1, -0.05) is 0 Å². The maximum absolute atomic E-state index is 13.7. The SMILES string of the molecule is CCOP(=O)(NCCCN(CCCCN(CCCNP(=O)(OCC)OCC)P(=O)(OCC)OCC)P(=O)(OCC)OCC)OCC. The summed E-state index contributed by atoms with van der Waals surface area (Å²) in [6.07, 6.45) is 2.05. The molecule has 0 aromatic carbocycles. The predicted octanol–water partition coefficient (Wildman–Crippen LogP) is 7.05. The van der Waals surface area contributed by atoms with Gasteiger partial charge in [0.25, 0.3) is 0 Å². The molecule has 2 N–H and O–H groups in total. The molecule has 0 saturated heterocycles. The Balaban J connectivity index is 5.56. The zero-order valence-corrected chi connectivity index (χ0v) is 32.9. The first-order valence-corrected chi connectivity index (χ1v) is 22.6. The molecule has 0 aliphatic heterocycles. The monoisotopic (exact) mass is 746 g/mol. The van der Waals surface area contributed by atoms with E-state index >= 15 is 0 Å². The molecule has 46 heavy (non-hydrogen) atoms. The second-order valence-corrected chi connectivity index (χ2v) is 17.1. The summed E-state index contributed by atoms with van der Waals surface area (Å²) in [6, 6.07) is 0. The smallest absolute Gasteiger partial charge is 0.297 e. The lowest BCUT2D eigenvalue weighted by atomic mass is 10.3. The normalized spacial score (nSPS) is 13.3. The first kappa shape index (κ1) is 46.4. The fourth-order valence-electron chi connectivity index (χ4n) is 4.25. The lowest BCUT2D eigenvalue weighted by molar-refractivity contribution is 0.158. The highest BCUT2D eigenvalue weighted by Gasteiger charge is 2.35. The predicted molar refractivity (Wildman–Crippen MR) is 181 cm³/mol. The molecule has 0 rings (SSSR count). The van der Waals surface area contributed by atoms with Crippen molar-refractivity contribution in [2.75, 3.05) is 92.1 Å².